The first-order chi connectivity index (χ1) is 13.9. The van der Waals surface area contributed by atoms with E-state index in [1.807, 2.05) is 5.32 Å². The Kier molecular flexibility index (Phi) is 7.58. The zero-order valence-corrected chi connectivity index (χ0v) is 16.4. The predicted molar refractivity (Wildman–Crippen MR) is 103 cm³/mol. The van der Waals surface area contributed by atoms with E-state index in [1.54, 1.807) is 39.0 Å². The molecule has 1 aromatic carbocycles. The number of hydrogen-bond acceptors (Lipinski definition) is 8. The largest absolute Gasteiger partial charge is 0.462 e. The summed E-state index contributed by atoms with van der Waals surface area (Å²) in [6.07, 6.45) is -0.227. The number of hydrogen-bond donors (Lipinski definition) is 2. The molecular weight excluding hydrogens is 382 g/mol. The quantitative estimate of drug-likeness (QED) is 0.232. The number of amides is 3. The highest BCUT2D eigenvalue weighted by molar-refractivity contribution is 6.19. The second-order valence-corrected chi connectivity index (χ2v) is 5.86. The molecule has 2 N–H and O–H groups in total. The molecule has 1 heterocycles. The van der Waals surface area contributed by atoms with Crippen molar-refractivity contribution in [2.45, 2.75) is 20.8 Å². The molecule has 0 radical (unpaired) electrons. The minimum absolute atomic E-state index is 0.0581. The third-order valence-electron chi connectivity index (χ3n) is 3.89. The van der Waals surface area contributed by atoms with Gasteiger partial charge >= 0.3 is 18.2 Å². The number of rotatable bonds is 7. The van der Waals surface area contributed by atoms with E-state index in [0.717, 1.165) is 11.8 Å². The number of aryl methyl sites for hydroxylation is 1. The van der Waals surface area contributed by atoms with Gasteiger partial charge in [-0.3, -0.25) is 15.0 Å². The lowest BCUT2D eigenvalue weighted by Crippen LogP contribution is -2.35. The predicted octanol–water partition coefficient (Wildman–Crippen LogP) is 2.08. The highest BCUT2D eigenvalue weighted by atomic mass is 16.6. The molecule has 10 heteroatoms. The normalized spacial score (nSPS) is 13.6. The van der Waals surface area contributed by atoms with E-state index in [0.29, 0.717) is 24.5 Å². The monoisotopic (exact) mass is 405 g/mol. The summed E-state index contributed by atoms with van der Waals surface area (Å²) < 4.78 is 14.4. The summed E-state index contributed by atoms with van der Waals surface area (Å²) in [6.45, 7) is 5.91. The van der Waals surface area contributed by atoms with Crippen LogP contribution in [-0.2, 0) is 23.8 Å². The molecule has 0 unspecified atom stereocenters. The Bertz CT molecular complexity index is 835. The third kappa shape index (κ3) is 5.71. The third-order valence-corrected chi connectivity index (χ3v) is 3.89. The van der Waals surface area contributed by atoms with Gasteiger partial charge in [-0.25, -0.2) is 14.4 Å². The van der Waals surface area contributed by atoms with Crippen molar-refractivity contribution in [3.8, 4) is 0 Å². The summed E-state index contributed by atoms with van der Waals surface area (Å²) in [5.74, 6) is -1.85. The van der Waals surface area contributed by atoms with Crippen LogP contribution < -0.4 is 15.5 Å². The first kappa shape index (κ1) is 21.7. The molecule has 1 saturated heterocycles. The van der Waals surface area contributed by atoms with Gasteiger partial charge in [-0.2, -0.15) is 0 Å². The lowest BCUT2D eigenvalue weighted by Gasteiger charge is -2.15. The lowest BCUT2D eigenvalue weighted by molar-refractivity contribution is -0.140. The SMILES string of the molecule is CCOC(=O)NC(=O)/C(=C\Nc1ccc(N2CCOC2=O)cc1C)C(=O)OCC. The van der Waals surface area contributed by atoms with Crippen LogP contribution in [0.1, 0.15) is 19.4 Å². The molecule has 29 heavy (non-hydrogen) atoms. The van der Waals surface area contributed by atoms with Crippen molar-refractivity contribution in [1.82, 2.24) is 5.32 Å². The van der Waals surface area contributed by atoms with Gasteiger partial charge in [0, 0.05) is 17.6 Å². The number of cyclic esters (lactones) is 1. The van der Waals surface area contributed by atoms with Gasteiger partial charge < -0.3 is 19.5 Å². The Labute approximate surface area is 167 Å². The molecule has 0 saturated carbocycles. The molecule has 0 atom stereocenters. The van der Waals surface area contributed by atoms with E-state index >= 15 is 0 Å². The maximum absolute atomic E-state index is 12.2. The standard InChI is InChI=1S/C19H23N3O7/c1-4-27-17(24)14(16(23)21-18(25)28-5-2)11-20-15-7-6-13(10-12(15)3)22-8-9-29-19(22)26/h6-7,10-11,20H,4-5,8-9H2,1-3H3,(H,21,23,25)/b14-11+. The van der Waals surface area contributed by atoms with E-state index in [-0.39, 0.29) is 13.2 Å². The second kappa shape index (κ2) is 10.1. The summed E-state index contributed by atoms with van der Waals surface area (Å²) in [5, 5.41) is 4.81. The molecule has 156 valence electrons. The highest BCUT2D eigenvalue weighted by Crippen LogP contribution is 2.25. The van der Waals surface area contributed by atoms with Gasteiger partial charge in [0.15, 0.2) is 0 Å². The van der Waals surface area contributed by atoms with Crippen LogP contribution in [0.3, 0.4) is 0 Å². The average molecular weight is 405 g/mol. The Hall–Kier alpha value is -3.56. The van der Waals surface area contributed by atoms with Crippen LogP contribution >= 0.6 is 0 Å². The Morgan fingerprint density at radius 3 is 2.52 bits per heavy atom. The fraction of sp³-hybridized carbons (Fsp3) is 0.368. The molecule has 0 aromatic heterocycles. The lowest BCUT2D eigenvalue weighted by atomic mass is 10.1. The maximum atomic E-state index is 12.2. The van der Waals surface area contributed by atoms with Crippen LogP contribution in [0.2, 0.25) is 0 Å². The molecule has 1 aromatic rings. The average Bonchev–Trinajstić information content (AvgIpc) is 3.09. The molecule has 0 aliphatic carbocycles. The number of ether oxygens (including phenoxy) is 3. The van der Waals surface area contributed by atoms with Crippen LogP contribution in [0, 0.1) is 6.92 Å². The van der Waals surface area contributed by atoms with Crippen molar-refractivity contribution in [3.05, 3.63) is 35.5 Å². The molecule has 1 fully saturated rings. The zero-order chi connectivity index (χ0) is 21.4. The van der Waals surface area contributed by atoms with Crippen LogP contribution in [0.15, 0.2) is 30.0 Å². The topological polar surface area (TPSA) is 123 Å². The number of imide groups is 1. The number of carbonyl (C=O) groups is 4. The maximum Gasteiger partial charge on any atom is 0.414 e. The van der Waals surface area contributed by atoms with E-state index in [2.05, 4.69) is 10.1 Å². The molecule has 0 spiro atoms. The molecule has 1 aliphatic heterocycles. The van der Waals surface area contributed by atoms with Gasteiger partial charge in [-0.1, -0.05) is 0 Å². The summed E-state index contributed by atoms with van der Waals surface area (Å²) in [4.78, 5) is 49.0. The van der Waals surface area contributed by atoms with E-state index < -0.39 is 29.6 Å². The zero-order valence-electron chi connectivity index (χ0n) is 16.4. The Balaban J connectivity index is 2.18. The van der Waals surface area contributed by atoms with Crippen LogP contribution in [0.5, 0.6) is 0 Å². The number of carbonyl (C=O) groups excluding carboxylic acids is 4. The van der Waals surface area contributed by atoms with Gasteiger partial charge in [-0.05, 0) is 44.5 Å². The molecule has 10 nitrogen and oxygen atoms in total. The molecule has 3 amide bonds. The van der Waals surface area contributed by atoms with Crippen molar-refractivity contribution in [2.75, 3.05) is 36.6 Å². The van der Waals surface area contributed by atoms with Crippen molar-refractivity contribution < 1.29 is 33.4 Å². The summed E-state index contributed by atoms with van der Waals surface area (Å²) in [7, 11) is 0. The molecule has 1 aliphatic rings. The second-order valence-electron chi connectivity index (χ2n) is 5.86. The van der Waals surface area contributed by atoms with Crippen LogP contribution in [0.4, 0.5) is 21.0 Å². The minimum Gasteiger partial charge on any atom is -0.462 e. The van der Waals surface area contributed by atoms with Gasteiger partial charge in [-0.15, -0.1) is 0 Å². The van der Waals surface area contributed by atoms with Gasteiger partial charge in [0.1, 0.15) is 12.2 Å². The number of nitrogens with one attached hydrogen (secondary N) is 2. The van der Waals surface area contributed by atoms with Crippen molar-refractivity contribution in [2.24, 2.45) is 0 Å². The summed E-state index contributed by atoms with van der Waals surface area (Å²) in [5.41, 5.74) is 1.62. The molecule has 0 bridgehead atoms. The number of alkyl carbamates (subject to hydrolysis) is 1. The highest BCUT2D eigenvalue weighted by Gasteiger charge is 2.24. The number of anilines is 2. The first-order valence-corrected chi connectivity index (χ1v) is 9.04. The van der Waals surface area contributed by atoms with Crippen molar-refractivity contribution in [1.29, 1.82) is 0 Å². The summed E-state index contributed by atoms with van der Waals surface area (Å²) >= 11 is 0. The van der Waals surface area contributed by atoms with Crippen molar-refractivity contribution in [3.63, 3.8) is 0 Å². The number of nitrogens with zero attached hydrogens (tertiary/aromatic N) is 1. The van der Waals surface area contributed by atoms with Crippen molar-refractivity contribution >= 4 is 35.4 Å². The van der Waals surface area contributed by atoms with Crippen LogP contribution in [-0.4, -0.2) is 50.4 Å². The molecule has 2 rings (SSSR count). The van der Waals surface area contributed by atoms with E-state index in [4.69, 9.17) is 9.47 Å². The van der Waals surface area contributed by atoms with Gasteiger partial charge in [0.25, 0.3) is 5.91 Å². The van der Waals surface area contributed by atoms with E-state index in [1.165, 1.54) is 4.90 Å². The van der Waals surface area contributed by atoms with Gasteiger partial charge in [0.05, 0.1) is 19.8 Å². The Morgan fingerprint density at radius 1 is 1.21 bits per heavy atom. The summed E-state index contributed by atoms with van der Waals surface area (Å²) in [6, 6.07) is 5.17. The number of esters is 1. The van der Waals surface area contributed by atoms with Crippen LogP contribution in [0.25, 0.3) is 0 Å². The van der Waals surface area contributed by atoms with Gasteiger partial charge in [0.2, 0.25) is 0 Å². The fourth-order valence-electron chi connectivity index (χ4n) is 2.51. The fourth-order valence-corrected chi connectivity index (χ4v) is 2.51. The smallest absolute Gasteiger partial charge is 0.414 e. The van der Waals surface area contributed by atoms with E-state index in [9.17, 15) is 19.2 Å². The minimum atomic E-state index is -0.967. The first-order valence-electron chi connectivity index (χ1n) is 9.04. The Morgan fingerprint density at radius 2 is 1.93 bits per heavy atom. The molecular formula is C19H23N3O7. The number of benzene rings is 1.